The van der Waals surface area contributed by atoms with E-state index in [1.54, 1.807) is 41.5 Å². The van der Waals surface area contributed by atoms with Crippen molar-refractivity contribution >= 4 is 23.9 Å². The first-order valence-corrected chi connectivity index (χ1v) is 10.1. The van der Waals surface area contributed by atoms with Crippen molar-refractivity contribution in [2.24, 2.45) is 11.0 Å². The number of esters is 1. The monoisotopic (exact) mass is 441 g/mol. The minimum atomic E-state index is -1.17. The maximum absolute atomic E-state index is 12.8. The van der Waals surface area contributed by atoms with E-state index in [0.717, 1.165) is 0 Å². The first-order valence-electron chi connectivity index (χ1n) is 10.1. The van der Waals surface area contributed by atoms with Gasteiger partial charge in [0.25, 0.3) is 0 Å². The summed E-state index contributed by atoms with van der Waals surface area (Å²) in [7, 11) is 0. The van der Waals surface area contributed by atoms with Gasteiger partial charge in [0.15, 0.2) is 0 Å². The second-order valence-electron chi connectivity index (χ2n) is 9.54. The Labute approximate surface area is 183 Å². The van der Waals surface area contributed by atoms with Crippen LogP contribution in [0, 0.1) is 5.92 Å². The van der Waals surface area contributed by atoms with E-state index in [1.807, 2.05) is 13.8 Å². The van der Waals surface area contributed by atoms with E-state index in [0.29, 0.717) is 0 Å². The van der Waals surface area contributed by atoms with Crippen molar-refractivity contribution in [3.63, 3.8) is 0 Å². The Kier molecular flexibility index (Phi) is 11.0. The number of ether oxygens (including phenoxy) is 2. The fourth-order valence-corrected chi connectivity index (χ4v) is 2.45. The number of amides is 3. The van der Waals surface area contributed by atoms with Gasteiger partial charge in [-0.1, -0.05) is 13.8 Å². The third kappa shape index (κ3) is 13.9. The van der Waals surface area contributed by atoms with Crippen LogP contribution in [0.4, 0.5) is 4.79 Å². The molecule has 11 nitrogen and oxygen atoms in total. The van der Waals surface area contributed by atoms with Gasteiger partial charge in [-0.2, -0.15) is 0 Å². The largest absolute Gasteiger partial charge is 0.460 e. The predicted molar refractivity (Wildman–Crippen MR) is 114 cm³/mol. The SMILES string of the molecule is CC(C)C[C@H](NC(=O)[C@H](CCC(=O)OC(C)(C)C)NC(=O)OC(C)(C)C)C(=O)N=[N+]=[N-]. The summed E-state index contributed by atoms with van der Waals surface area (Å²) in [5.74, 6) is -2.07. The van der Waals surface area contributed by atoms with Gasteiger partial charge >= 0.3 is 12.1 Å². The van der Waals surface area contributed by atoms with Gasteiger partial charge in [-0.3, -0.25) is 14.4 Å². The van der Waals surface area contributed by atoms with Crippen LogP contribution in [0.1, 0.15) is 74.7 Å². The first kappa shape index (κ1) is 28.2. The van der Waals surface area contributed by atoms with E-state index in [4.69, 9.17) is 15.0 Å². The summed E-state index contributed by atoms with van der Waals surface area (Å²) >= 11 is 0. The highest BCUT2D eigenvalue weighted by Crippen LogP contribution is 2.13. The molecule has 0 aromatic rings. The Morgan fingerprint density at radius 3 is 1.94 bits per heavy atom. The smallest absolute Gasteiger partial charge is 0.408 e. The molecule has 0 aromatic carbocycles. The van der Waals surface area contributed by atoms with Crippen molar-refractivity contribution in [3.05, 3.63) is 10.4 Å². The lowest BCUT2D eigenvalue weighted by Gasteiger charge is -2.25. The van der Waals surface area contributed by atoms with Gasteiger partial charge in [0, 0.05) is 11.3 Å². The zero-order chi connectivity index (χ0) is 24.4. The molecule has 2 atom stereocenters. The maximum atomic E-state index is 12.8. The van der Waals surface area contributed by atoms with Crippen LogP contribution in [-0.4, -0.2) is 47.2 Å². The predicted octanol–water partition coefficient (Wildman–Crippen LogP) is 3.37. The third-order valence-electron chi connectivity index (χ3n) is 3.53. The Morgan fingerprint density at radius 1 is 0.935 bits per heavy atom. The van der Waals surface area contributed by atoms with Crippen LogP contribution in [0.2, 0.25) is 0 Å². The first-order chi connectivity index (χ1) is 14.0. The van der Waals surface area contributed by atoms with E-state index >= 15 is 0 Å². The molecule has 176 valence electrons. The van der Waals surface area contributed by atoms with Crippen molar-refractivity contribution in [3.8, 4) is 0 Å². The summed E-state index contributed by atoms with van der Waals surface area (Å²) in [4.78, 5) is 51.6. The van der Waals surface area contributed by atoms with E-state index in [1.165, 1.54) is 0 Å². The van der Waals surface area contributed by atoms with Gasteiger partial charge in [-0.15, -0.1) is 0 Å². The van der Waals surface area contributed by atoms with Crippen LogP contribution in [0.5, 0.6) is 0 Å². The Hall–Kier alpha value is -2.81. The van der Waals surface area contributed by atoms with Crippen molar-refractivity contribution in [2.45, 2.75) is 97.9 Å². The number of nitrogens with one attached hydrogen (secondary N) is 2. The van der Waals surface area contributed by atoms with Crippen LogP contribution in [0.15, 0.2) is 5.11 Å². The van der Waals surface area contributed by atoms with Gasteiger partial charge in [0.1, 0.15) is 17.2 Å². The van der Waals surface area contributed by atoms with Gasteiger partial charge in [-0.25, -0.2) is 4.79 Å². The summed E-state index contributed by atoms with van der Waals surface area (Å²) in [6, 6.07) is -2.23. The Balaban J connectivity index is 5.44. The number of hydrogen-bond donors (Lipinski definition) is 2. The van der Waals surface area contributed by atoms with Crippen LogP contribution >= 0.6 is 0 Å². The van der Waals surface area contributed by atoms with Gasteiger partial charge in [0.2, 0.25) is 11.8 Å². The second kappa shape index (κ2) is 12.1. The zero-order valence-corrected chi connectivity index (χ0v) is 19.6. The molecule has 0 aliphatic carbocycles. The van der Waals surface area contributed by atoms with E-state index in [2.05, 4.69) is 20.7 Å². The fraction of sp³-hybridized carbons (Fsp3) is 0.800. The Bertz CT molecular complexity index is 702. The number of rotatable bonds is 9. The van der Waals surface area contributed by atoms with Crippen LogP contribution in [-0.2, 0) is 23.9 Å². The second-order valence-corrected chi connectivity index (χ2v) is 9.54. The molecule has 0 saturated carbocycles. The quantitative estimate of drug-likeness (QED) is 0.241. The minimum absolute atomic E-state index is 0.0159. The average Bonchev–Trinajstić information content (AvgIpc) is 2.54. The molecule has 0 aromatic heterocycles. The lowest BCUT2D eigenvalue weighted by Crippen LogP contribution is -2.52. The van der Waals surface area contributed by atoms with E-state index in [-0.39, 0.29) is 25.2 Å². The molecule has 0 bridgehead atoms. The topological polar surface area (TPSA) is 160 Å². The van der Waals surface area contributed by atoms with Gasteiger partial charge in [0.05, 0.1) is 6.04 Å². The highest BCUT2D eigenvalue weighted by atomic mass is 16.6. The fourth-order valence-electron chi connectivity index (χ4n) is 2.45. The molecule has 3 amide bonds. The van der Waals surface area contributed by atoms with Crippen molar-refractivity contribution < 1.29 is 28.7 Å². The number of alkyl carbamates (subject to hydrolysis) is 1. The van der Waals surface area contributed by atoms with Crippen molar-refractivity contribution in [2.75, 3.05) is 0 Å². The van der Waals surface area contributed by atoms with Crippen molar-refractivity contribution in [1.82, 2.24) is 10.6 Å². The lowest BCUT2D eigenvalue weighted by molar-refractivity contribution is -0.155. The summed E-state index contributed by atoms with van der Waals surface area (Å²) in [6.45, 7) is 13.8. The molecule has 0 fully saturated rings. The summed E-state index contributed by atoms with van der Waals surface area (Å²) in [5, 5.41) is 7.98. The van der Waals surface area contributed by atoms with E-state index in [9.17, 15) is 19.2 Å². The van der Waals surface area contributed by atoms with Crippen LogP contribution in [0.25, 0.3) is 10.4 Å². The molecule has 0 aliphatic rings. The third-order valence-corrected chi connectivity index (χ3v) is 3.53. The van der Waals surface area contributed by atoms with Crippen molar-refractivity contribution in [1.29, 1.82) is 0 Å². The summed E-state index contributed by atoms with van der Waals surface area (Å²) < 4.78 is 10.4. The standard InChI is InChI=1S/C20H35N5O6/c1-12(2)11-14(17(28)24-25-21)22-16(27)13(23-18(29)31-20(6,7)8)9-10-15(26)30-19(3,4)5/h12-14H,9-11H2,1-8H3,(H,22,27)(H,23,29)/t13-,14-/m0/s1. The highest BCUT2D eigenvalue weighted by Gasteiger charge is 2.29. The molecule has 0 spiro atoms. The Morgan fingerprint density at radius 2 is 1.48 bits per heavy atom. The minimum Gasteiger partial charge on any atom is -0.460 e. The average molecular weight is 442 g/mol. The number of carbonyl (C=O) groups excluding carboxylic acids is 4. The van der Waals surface area contributed by atoms with Gasteiger partial charge in [-0.05, 0) is 70.9 Å². The molecule has 2 N–H and O–H groups in total. The van der Waals surface area contributed by atoms with Crippen LogP contribution < -0.4 is 10.6 Å². The molecular weight excluding hydrogens is 406 g/mol. The number of azide groups is 1. The number of carbonyl (C=O) groups is 4. The number of hydrogen-bond acceptors (Lipinski definition) is 6. The summed E-state index contributed by atoms with van der Waals surface area (Å²) in [5.41, 5.74) is 7.03. The molecule has 11 heteroatoms. The molecule has 0 saturated heterocycles. The lowest BCUT2D eigenvalue weighted by atomic mass is 10.0. The molecule has 31 heavy (non-hydrogen) atoms. The summed E-state index contributed by atoms with van der Waals surface area (Å²) in [6.07, 6.45) is -0.845. The molecule has 0 heterocycles. The molecular formula is C20H35N5O6. The number of nitrogens with zero attached hydrogens (tertiary/aromatic N) is 3. The highest BCUT2D eigenvalue weighted by molar-refractivity contribution is 5.91. The molecule has 0 radical (unpaired) electrons. The molecule has 0 aliphatic heterocycles. The zero-order valence-electron chi connectivity index (χ0n) is 19.6. The van der Waals surface area contributed by atoms with E-state index < -0.39 is 47.2 Å². The maximum Gasteiger partial charge on any atom is 0.408 e. The van der Waals surface area contributed by atoms with Crippen LogP contribution in [0.3, 0.4) is 0 Å². The van der Waals surface area contributed by atoms with Gasteiger partial charge < -0.3 is 20.1 Å². The normalized spacial score (nSPS) is 13.5. The molecule has 0 unspecified atom stereocenters. The molecule has 0 rings (SSSR count).